The third kappa shape index (κ3) is 3.56. The molecule has 106 valence electrons. The monoisotopic (exact) mass is 361 g/mol. The summed E-state index contributed by atoms with van der Waals surface area (Å²) in [4.78, 5) is 0.964. The van der Waals surface area contributed by atoms with Gasteiger partial charge in [-0.15, -0.1) is 11.8 Å². The quantitative estimate of drug-likeness (QED) is 0.633. The maximum atomic E-state index is 13.6. The molecule has 0 saturated carbocycles. The van der Waals surface area contributed by atoms with Crippen LogP contribution in [0.3, 0.4) is 0 Å². The SMILES string of the molecule is NC(CSc1ccc(Br)cc1)c1ccc(F)c(F)c1F. The number of hydrogen-bond donors (Lipinski definition) is 1. The van der Waals surface area contributed by atoms with E-state index in [2.05, 4.69) is 15.9 Å². The number of thioether (sulfide) groups is 1. The van der Waals surface area contributed by atoms with Crippen molar-refractivity contribution >= 4 is 27.7 Å². The highest BCUT2D eigenvalue weighted by Crippen LogP contribution is 2.27. The average molecular weight is 362 g/mol. The Morgan fingerprint density at radius 3 is 2.30 bits per heavy atom. The van der Waals surface area contributed by atoms with E-state index in [-0.39, 0.29) is 5.56 Å². The lowest BCUT2D eigenvalue weighted by molar-refractivity contribution is 0.437. The van der Waals surface area contributed by atoms with Gasteiger partial charge in [-0.2, -0.15) is 0 Å². The maximum Gasteiger partial charge on any atom is 0.194 e. The molecule has 0 heterocycles. The molecular formula is C14H11BrF3NS. The van der Waals surface area contributed by atoms with Crippen molar-refractivity contribution in [1.82, 2.24) is 0 Å². The second-order valence-corrected chi connectivity index (χ2v) is 6.15. The number of benzene rings is 2. The van der Waals surface area contributed by atoms with Crippen LogP contribution in [0.2, 0.25) is 0 Å². The molecule has 0 bridgehead atoms. The predicted molar refractivity (Wildman–Crippen MR) is 78.1 cm³/mol. The van der Waals surface area contributed by atoms with Crippen LogP contribution in [0, 0.1) is 17.5 Å². The van der Waals surface area contributed by atoms with Gasteiger partial charge in [-0.3, -0.25) is 0 Å². The van der Waals surface area contributed by atoms with Crippen LogP contribution in [-0.2, 0) is 0 Å². The Morgan fingerprint density at radius 1 is 1.00 bits per heavy atom. The van der Waals surface area contributed by atoms with Crippen LogP contribution in [0.5, 0.6) is 0 Å². The van der Waals surface area contributed by atoms with E-state index in [1.807, 2.05) is 24.3 Å². The standard InChI is InChI=1S/C14H11BrF3NS/c15-8-1-3-9(4-2-8)20-7-12(19)10-5-6-11(16)14(18)13(10)17/h1-6,12H,7,19H2. The molecule has 0 aliphatic rings. The van der Waals surface area contributed by atoms with Gasteiger partial charge >= 0.3 is 0 Å². The summed E-state index contributed by atoms with van der Waals surface area (Å²) in [6.07, 6.45) is 0. The first-order chi connectivity index (χ1) is 9.49. The van der Waals surface area contributed by atoms with E-state index in [9.17, 15) is 13.2 Å². The first-order valence-electron chi connectivity index (χ1n) is 5.76. The van der Waals surface area contributed by atoms with Crippen molar-refractivity contribution in [2.45, 2.75) is 10.9 Å². The van der Waals surface area contributed by atoms with Gasteiger partial charge in [0.1, 0.15) is 0 Å². The fraction of sp³-hybridized carbons (Fsp3) is 0.143. The summed E-state index contributed by atoms with van der Waals surface area (Å²) in [7, 11) is 0. The fourth-order valence-corrected chi connectivity index (χ4v) is 2.78. The molecule has 0 radical (unpaired) electrons. The topological polar surface area (TPSA) is 26.0 Å². The van der Waals surface area contributed by atoms with Gasteiger partial charge in [0.2, 0.25) is 0 Å². The Bertz CT molecular complexity index is 604. The van der Waals surface area contributed by atoms with E-state index in [1.165, 1.54) is 17.8 Å². The molecule has 0 spiro atoms. The number of halogens is 4. The maximum absolute atomic E-state index is 13.6. The zero-order valence-electron chi connectivity index (χ0n) is 10.2. The molecule has 0 fully saturated rings. The number of hydrogen-bond acceptors (Lipinski definition) is 2. The molecule has 2 N–H and O–H groups in total. The van der Waals surface area contributed by atoms with Gasteiger partial charge in [0.15, 0.2) is 17.5 Å². The molecule has 0 amide bonds. The highest BCUT2D eigenvalue weighted by atomic mass is 79.9. The van der Waals surface area contributed by atoms with Crippen LogP contribution in [0.15, 0.2) is 45.8 Å². The Hall–Kier alpha value is -0.980. The van der Waals surface area contributed by atoms with E-state index >= 15 is 0 Å². The van der Waals surface area contributed by atoms with E-state index in [1.54, 1.807) is 0 Å². The van der Waals surface area contributed by atoms with Crippen LogP contribution >= 0.6 is 27.7 Å². The Kier molecular flexibility index (Phi) is 5.12. The highest BCUT2D eigenvalue weighted by molar-refractivity contribution is 9.10. The molecule has 0 aromatic heterocycles. The molecule has 20 heavy (non-hydrogen) atoms. The molecule has 1 nitrogen and oxygen atoms in total. The fourth-order valence-electron chi connectivity index (χ4n) is 1.63. The molecular weight excluding hydrogens is 351 g/mol. The number of nitrogens with two attached hydrogens (primary N) is 1. The predicted octanol–water partition coefficient (Wildman–Crippen LogP) is 4.66. The minimum absolute atomic E-state index is 0.0199. The minimum atomic E-state index is -1.48. The lowest BCUT2D eigenvalue weighted by Gasteiger charge is -2.13. The molecule has 0 saturated heterocycles. The van der Waals surface area contributed by atoms with Crippen LogP contribution in [-0.4, -0.2) is 5.75 Å². The zero-order valence-corrected chi connectivity index (χ0v) is 12.6. The lowest BCUT2D eigenvalue weighted by atomic mass is 10.1. The van der Waals surface area contributed by atoms with Crippen molar-refractivity contribution in [3.63, 3.8) is 0 Å². The summed E-state index contributed by atoms with van der Waals surface area (Å²) in [6, 6.07) is 8.90. The normalized spacial score (nSPS) is 12.4. The summed E-state index contributed by atoms with van der Waals surface area (Å²) in [5, 5.41) is 0. The first-order valence-corrected chi connectivity index (χ1v) is 7.54. The largest absolute Gasteiger partial charge is 0.323 e. The summed E-state index contributed by atoms with van der Waals surface area (Å²) in [6.45, 7) is 0. The van der Waals surface area contributed by atoms with Gasteiger partial charge < -0.3 is 5.73 Å². The van der Waals surface area contributed by atoms with Gasteiger partial charge in [0.05, 0.1) is 0 Å². The highest BCUT2D eigenvalue weighted by Gasteiger charge is 2.18. The Morgan fingerprint density at radius 2 is 1.65 bits per heavy atom. The smallest absolute Gasteiger partial charge is 0.194 e. The van der Waals surface area contributed by atoms with Crippen molar-refractivity contribution < 1.29 is 13.2 Å². The van der Waals surface area contributed by atoms with Crippen LogP contribution in [0.25, 0.3) is 0 Å². The summed E-state index contributed by atoms with van der Waals surface area (Å²) >= 11 is 4.75. The lowest BCUT2D eigenvalue weighted by Crippen LogP contribution is -2.16. The van der Waals surface area contributed by atoms with Crippen LogP contribution in [0.4, 0.5) is 13.2 Å². The van der Waals surface area contributed by atoms with Gasteiger partial charge in [0.25, 0.3) is 0 Å². The zero-order chi connectivity index (χ0) is 14.7. The third-order valence-corrected chi connectivity index (χ3v) is 4.37. The Labute approximate surface area is 127 Å². The molecule has 2 rings (SSSR count). The second kappa shape index (κ2) is 6.65. The van der Waals surface area contributed by atoms with Crippen molar-refractivity contribution in [3.05, 3.63) is 63.9 Å². The summed E-state index contributed by atoms with van der Waals surface area (Å²) in [5.74, 6) is -3.54. The average Bonchev–Trinajstić information content (AvgIpc) is 2.44. The number of rotatable bonds is 4. The van der Waals surface area contributed by atoms with Crippen molar-refractivity contribution in [2.24, 2.45) is 5.73 Å². The van der Waals surface area contributed by atoms with Crippen LogP contribution in [0.1, 0.15) is 11.6 Å². The van der Waals surface area contributed by atoms with Gasteiger partial charge in [-0.25, -0.2) is 13.2 Å². The van der Waals surface area contributed by atoms with E-state index in [4.69, 9.17) is 5.73 Å². The Balaban J connectivity index is 2.07. The van der Waals surface area contributed by atoms with Crippen molar-refractivity contribution in [3.8, 4) is 0 Å². The summed E-state index contributed by atoms with van der Waals surface area (Å²) < 4.78 is 40.5. The summed E-state index contributed by atoms with van der Waals surface area (Å²) in [5.41, 5.74) is 5.81. The second-order valence-electron chi connectivity index (χ2n) is 4.14. The molecule has 6 heteroatoms. The minimum Gasteiger partial charge on any atom is -0.323 e. The van der Waals surface area contributed by atoms with Gasteiger partial charge in [-0.1, -0.05) is 22.0 Å². The van der Waals surface area contributed by atoms with E-state index in [0.29, 0.717) is 5.75 Å². The first kappa shape index (κ1) is 15.4. The van der Waals surface area contributed by atoms with Crippen molar-refractivity contribution in [1.29, 1.82) is 0 Å². The van der Waals surface area contributed by atoms with Crippen molar-refractivity contribution in [2.75, 3.05) is 5.75 Å². The van der Waals surface area contributed by atoms with E-state index < -0.39 is 23.5 Å². The van der Waals surface area contributed by atoms with E-state index in [0.717, 1.165) is 15.4 Å². The van der Waals surface area contributed by atoms with Crippen LogP contribution < -0.4 is 5.73 Å². The molecule has 0 aliphatic heterocycles. The van der Waals surface area contributed by atoms with Gasteiger partial charge in [0, 0.05) is 26.7 Å². The van der Waals surface area contributed by atoms with Gasteiger partial charge in [-0.05, 0) is 30.3 Å². The molecule has 0 aliphatic carbocycles. The molecule has 2 aromatic carbocycles. The molecule has 1 unspecified atom stereocenters. The molecule has 1 atom stereocenters. The molecule has 2 aromatic rings. The third-order valence-electron chi connectivity index (χ3n) is 2.71.